The lowest BCUT2D eigenvalue weighted by Gasteiger charge is -2.43. The number of sulfonamides is 1. The molecule has 0 spiro atoms. The summed E-state index contributed by atoms with van der Waals surface area (Å²) in [6.07, 6.45) is 1.39. The van der Waals surface area contributed by atoms with Crippen molar-refractivity contribution in [2.75, 3.05) is 19.4 Å². The van der Waals surface area contributed by atoms with Crippen molar-refractivity contribution in [1.29, 1.82) is 0 Å². The SMILES string of the molecule is CS(=O)(=O)NC1CCCN2C(=O)C(F)(F)CCOc3c(cccc3-c3ccccc3)CC12. The zero-order valence-corrected chi connectivity index (χ0v) is 18.6. The minimum Gasteiger partial charge on any atom is -0.492 e. The maximum Gasteiger partial charge on any atom is 0.328 e. The van der Waals surface area contributed by atoms with Gasteiger partial charge in [0.2, 0.25) is 10.0 Å². The molecular formula is C23H26F2N2O4S. The monoisotopic (exact) mass is 464 g/mol. The van der Waals surface area contributed by atoms with Gasteiger partial charge in [-0.3, -0.25) is 4.79 Å². The number of nitrogens with zero attached hydrogens (tertiary/aromatic N) is 1. The van der Waals surface area contributed by atoms with E-state index in [0.29, 0.717) is 18.6 Å². The number of alkyl halides is 2. The van der Waals surface area contributed by atoms with Gasteiger partial charge in [0.15, 0.2) is 0 Å². The normalized spacial score (nSPS) is 23.6. The summed E-state index contributed by atoms with van der Waals surface area (Å²) in [6.45, 7) is -0.144. The van der Waals surface area contributed by atoms with Crippen molar-refractivity contribution in [3.05, 3.63) is 54.1 Å². The number of ether oxygens (including phenoxy) is 1. The van der Waals surface area contributed by atoms with E-state index >= 15 is 0 Å². The van der Waals surface area contributed by atoms with Gasteiger partial charge in [0.25, 0.3) is 5.91 Å². The number of piperidine rings is 1. The zero-order valence-electron chi connectivity index (χ0n) is 17.8. The third kappa shape index (κ3) is 4.78. The van der Waals surface area contributed by atoms with E-state index in [1.54, 1.807) is 0 Å². The van der Waals surface area contributed by atoms with E-state index in [1.807, 2.05) is 48.5 Å². The standard InChI is InChI=1S/C23H26F2N2O4S/c1-32(29,30)26-19-11-6-13-27-20(19)15-17-9-5-10-18(16-7-3-2-4-8-16)21(17)31-14-12-23(24,25)22(27)28/h2-5,7-10,19-20,26H,6,11-15H2,1H3. The second-order valence-corrected chi connectivity index (χ2v) is 10.2. The third-order valence-corrected chi connectivity index (χ3v) is 6.72. The van der Waals surface area contributed by atoms with Crippen LogP contribution in [0.1, 0.15) is 24.8 Å². The van der Waals surface area contributed by atoms with Crippen LogP contribution in [-0.4, -0.2) is 56.6 Å². The molecule has 0 aromatic heterocycles. The van der Waals surface area contributed by atoms with E-state index in [4.69, 9.17) is 4.74 Å². The minimum absolute atomic E-state index is 0.162. The van der Waals surface area contributed by atoms with Crippen molar-refractivity contribution >= 4 is 15.9 Å². The molecule has 2 atom stereocenters. The van der Waals surface area contributed by atoms with Crippen molar-refractivity contribution in [2.24, 2.45) is 0 Å². The summed E-state index contributed by atoms with van der Waals surface area (Å²) in [7, 11) is -3.59. The Hall–Kier alpha value is -2.52. The maximum absolute atomic E-state index is 14.8. The summed E-state index contributed by atoms with van der Waals surface area (Å²) in [4.78, 5) is 13.9. The lowest BCUT2D eigenvalue weighted by molar-refractivity contribution is -0.164. The quantitative estimate of drug-likeness (QED) is 0.757. The van der Waals surface area contributed by atoms with Crippen LogP contribution < -0.4 is 9.46 Å². The molecule has 6 nitrogen and oxygen atoms in total. The summed E-state index contributed by atoms with van der Waals surface area (Å²) < 4.78 is 61.9. The number of rotatable bonds is 3. The largest absolute Gasteiger partial charge is 0.492 e. The number of nitrogens with one attached hydrogen (secondary N) is 1. The first kappa shape index (κ1) is 22.7. The van der Waals surface area contributed by atoms with Gasteiger partial charge in [-0.1, -0.05) is 48.5 Å². The van der Waals surface area contributed by atoms with Crippen LogP contribution in [-0.2, 0) is 21.2 Å². The number of hydrogen-bond acceptors (Lipinski definition) is 4. The van der Waals surface area contributed by atoms with Gasteiger partial charge in [-0.05, 0) is 30.4 Å². The van der Waals surface area contributed by atoms with E-state index in [9.17, 15) is 22.0 Å². The predicted molar refractivity (Wildman–Crippen MR) is 117 cm³/mol. The van der Waals surface area contributed by atoms with Crippen LogP contribution in [0.3, 0.4) is 0 Å². The molecule has 0 bridgehead atoms. The fourth-order valence-corrected chi connectivity index (χ4v) is 5.38. The molecule has 4 rings (SSSR count). The summed E-state index contributed by atoms with van der Waals surface area (Å²) >= 11 is 0. The first-order chi connectivity index (χ1) is 15.2. The van der Waals surface area contributed by atoms with Crippen LogP contribution in [0.2, 0.25) is 0 Å². The molecule has 1 N–H and O–H groups in total. The van der Waals surface area contributed by atoms with Crippen LogP contribution in [0, 0.1) is 0 Å². The van der Waals surface area contributed by atoms with Gasteiger partial charge < -0.3 is 9.64 Å². The molecular weight excluding hydrogens is 438 g/mol. The molecule has 0 saturated carbocycles. The van der Waals surface area contributed by atoms with Gasteiger partial charge in [-0.2, -0.15) is 8.78 Å². The fraction of sp³-hybridized carbons (Fsp3) is 0.435. The minimum atomic E-state index is -3.59. The van der Waals surface area contributed by atoms with Gasteiger partial charge >= 0.3 is 5.92 Å². The Morgan fingerprint density at radius 2 is 1.88 bits per heavy atom. The topological polar surface area (TPSA) is 75.7 Å². The summed E-state index contributed by atoms with van der Waals surface area (Å²) in [5, 5.41) is 0. The third-order valence-electron chi connectivity index (χ3n) is 5.99. The molecule has 2 aliphatic heterocycles. The van der Waals surface area contributed by atoms with E-state index in [1.165, 1.54) is 0 Å². The van der Waals surface area contributed by atoms with Crippen LogP contribution in [0.4, 0.5) is 8.78 Å². The predicted octanol–water partition coefficient (Wildman–Crippen LogP) is 3.22. The number of hydrogen-bond donors (Lipinski definition) is 1. The zero-order chi connectivity index (χ0) is 22.9. The number of carbonyl (C=O) groups is 1. The van der Waals surface area contributed by atoms with Crippen LogP contribution in [0.25, 0.3) is 11.1 Å². The lowest BCUT2D eigenvalue weighted by atomic mass is 9.89. The van der Waals surface area contributed by atoms with Crippen molar-refractivity contribution in [1.82, 2.24) is 9.62 Å². The molecule has 1 fully saturated rings. The molecule has 1 saturated heterocycles. The molecule has 2 aliphatic rings. The molecule has 172 valence electrons. The van der Waals surface area contributed by atoms with Gasteiger partial charge in [0.1, 0.15) is 5.75 Å². The molecule has 2 unspecified atom stereocenters. The second-order valence-electron chi connectivity index (χ2n) is 8.37. The maximum atomic E-state index is 14.8. The van der Waals surface area contributed by atoms with Gasteiger partial charge in [-0.25, -0.2) is 13.1 Å². The highest BCUT2D eigenvalue weighted by Gasteiger charge is 2.47. The number of fused-ring (bicyclic) bond motifs is 2. The van der Waals surface area contributed by atoms with E-state index in [2.05, 4.69) is 4.72 Å². The van der Waals surface area contributed by atoms with Gasteiger partial charge in [0.05, 0.1) is 25.3 Å². The van der Waals surface area contributed by atoms with Gasteiger partial charge in [0, 0.05) is 18.2 Å². The van der Waals surface area contributed by atoms with Crippen LogP contribution >= 0.6 is 0 Å². The fourth-order valence-electron chi connectivity index (χ4n) is 4.56. The smallest absolute Gasteiger partial charge is 0.328 e. The van der Waals surface area contributed by atoms with Crippen molar-refractivity contribution in [3.8, 4) is 16.9 Å². The van der Waals surface area contributed by atoms with Gasteiger partial charge in [-0.15, -0.1) is 0 Å². The summed E-state index contributed by atoms with van der Waals surface area (Å²) in [6, 6.07) is 13.7. The Morgan fingerprint density at radius 1 is 1.12 bits per heavy atom. The number of halogens is 2. The Morgan fingerprint density at radius 3 is 2.59 bits per heavy atom. The Kier molecular flexibility index (Phi) is 6.22. The molecule has 1 amide bonds. The average molecular weight is 465 g/mol. The molecule has 32 heavy (non-hydrogen) atoms. The Balaban J connectivity index is 1.81. The van der Waals surface area contributed by atoms with E-state index < -0.39 is 40.4 Å². The van der Waals surface area contributed by atoms with Crippen molar-refractivity contribution in [3.63, 3.8) is 0 Å². The van der Waals surface area contributed by atoms with Crippen molar-refractivity contribution in [2.45, 2.75) is 43.7 Å². The highest BCUT2D eigenvalue weighted by molar-refractivity contribution is 7.88. The molecule has 2 aromatic carbocycles. The van der Waals surface area contributed by atoms with Crippen LogP contribution in [0.15, 0.2) is 48.5 Å². The molecule has 9 heteroatoms. The van der Waals surface area contributed by atoms with E-state index in [0.717, 1.165) is 27.8 Å². The first-order valence-corrected chi connectivity index (χ1v) is 12.5. The highest BCUT2D eigenvalue weighted by atomic mass is 32.2. The second kappa shape index (κ2) is 8.78. The number of para-hydroxylation sites is 1. The number of amides is 1. The first-order valence-electron chi connectivity index (χ1n) is 10.6. The Bertz CT molecular complexity index is 1090. The van der Waals surface area contributed by atoms with Crippen molar-refractivity contribution < 1.29 is 26.7 Å². The van der Waals surface area contributed by atoms with Crippen LogP contribution in [0.5, 0.6) is 5.75 Å². The molecule has 2 heterocycles. The molecule has 2 aromatic rings. The lowest BCUT2D eigenvalue weighted by Crippen LogP contribution is -2.60. The highest BCUT2D eigenvalue weighted by Crippen LogP contribution is 2.38. The average Bonchev–Trinajstić information content (AvgIpc) is 2.74. The Labute approximate surface area is 186 Å². The van der Waals surface area contributed by atoms with E-state index in [-0.39, 0.29) is 19.6 Å². The molecule has 0 aliphatic carbocycles. The summed E-state index contributed by atoms with van der Waals surface area (Å²) in [5.41, 5.74) is 2.41. The molecule has 0 radical (unpaired) electrons. The number of benzene rings is 2. The number of carbonyl (C=O) groups excluding carboxylic acids is 1. The summed E-state index contributed by atoms with van der Waals surface area (Å²) in [5.74, 6) is -4.37.